The topological polar surface area (TPSA) is 80.2 Å². The first kappa shape index (κ1) is 20.5. The van der Waals surface area contributed by atoms with Crippen LogP contribution in [0.15, 0.2) is 53.5 Å². The maximum atomic E-state index is 12.2. The molecule has 3 rings (SSSR count). The van der Waals surface area contributed by atoms with E-state index in [0.29, 0.717) is 24.4 Å². The van der Waals surface area contributed by atoms with Gasteiger partial charge >= 0.3 is 0 Å². The van der Waals surface area contributed by atoms with Gasteiger partial charge in [0.2, 0.25) is 0 Å². The highest BCUT2D eigenvalue weighted by atomic mass is 16.3. The van der Waals surface area contributed by atoms with Crippen molar-refractivity contribution in [2.75, 3.05) is 51.2 Å². The summed E-state index contributed by atoms with van der Waals surface area (Å²) in [7, 11) is 1.77. The van der Waals surface area contributed by atoms with E-state index in [1.807, 2.05) is 49.4 Å². The minimum atomic E-state index is -0.0678. The van der Waals surface area contributed by atoms with Crippen LogP contribution in [0.1, 0.15) is 15.9 Å². The molecule has 0 aliphatic carbocycles. The standard InChI is InChI=1S/C22H29N5O2/c1-17-6-5-7-18(16-17)21(29)24-10-11-25-22(23-2)27-14-12-26(13-15-27)19-8-3-4-9-20(19)28/h3-9,16,28H,10-15H2,1-2H3,(H,23,25)(H,24,29). The number of nitrogens with zero attached hydrogens (tertiary/aromatic N) is 3. The van der Waals surface area contributed by atoms with Gasteiger partial charge in [0.05, 0.1) is 5.69 Å². The second kappa shape index (κ2) is 9.82. The predicted molar refractivity (Wildman–Crippen MR) is 117 cm³/mol. The number of aromatic hydroxyl groups is 1. The first-order valence-corrected chi connectivity index (χ1v) is 9.92. The molecule has 3 N–H and O–H groups in total. The SMILES string of the molecule is CN=C(NCCNC(=O)c1cccc(C)c1)N1CCN(c2ccccc2O)CC1. The van der Waals surface area contributed by atoms with E-state index in [2.05, 4.69) is 25.4 Å². The van der Waals surface area contributed by atoms with Crippen LogP contribution in [0.3, 0.4) is 0 Å². The van der Waals surface area contributed by atoms with Gasteiger partial charge in [-0.15, -0.1) is 0 Å². The highest BCUT2D eigenvalue weighted by Crippen LogP contribution is 2.27. The molecule has 154 valence electrons. The molecule has 2 aromatic carbocycles. The van der Waals surface area contributed by atoms with Gasteiger partial charge in [-0.25, -0.2) is 0 Å². The first-order valence-electron chi connectivity index (χ1n) is 9.92. The minimum Gasteiger partial charge on any atom is -0.506 e. The molecular formula is C22H29N5O2. The molecule has 1 fully saturated rings. The van der Waals surface area contributed by atoms with Crippen LogP contribution in [0.4, 0.5) is 5.69 Å². The van der Waals surface area contributed by atoms with Gasteiger partial charge < -0.3 is 25.5 Å². The number of carbonyl (C=O) groups is 1. The number of aryl methyl sites for hydroxylation is 1. The number of para-hydroxylation sites is 2. The normalized spacial score (nSPS) is 14.6. The Balaban J connectivity index is 1.43. The monoisotopic (exact) mass is 395 g/mol. The summed E-state index contributed by atoms with van der Waals surface area (Å²) in [6.45, 7) is 6.33. The highest BCUT2D eigenvalue weighted by Gasteiger charge is 2.21. The molecule has 0 spiro atoms. The van der Waals surface area contributed by atoms with Gasteiger partial charge in [0.1, 0.15) is 5.75 Å². The van der Waals surface area contributed by atoms with E-state index in [0.717, 1.165) is 43.4 Å². The molecule has 0 atom stereocenters. The first-order chi connectivity index (χ1) is 14.1. The zero-order valence-electron chi connectivity index (χ0n) is 17.1. The Bertz CT molecular complexity index is 860. The van der Waals surface area contributed by atoms with Crippen molar-refractivity contribution >= 4 is 17.6 Å². The van der Waals surface area contributed by atoms with Crippen molar-refractivity contribution in [1.29, 1.82) is 0 Å². The third kappa shape index (κ3) is 5.40. The van der Waals surface area contributed by atoms with Crippen LogP contribution in [0.25, 0.3) is 0 Å². The fourth-order valence-corrected chi connectivity index (χ4v) is 3.46. The Morgan fingerprint density at radius 1 is 1.03 bits per heavy atom. The van der Waals surface area contributed by atoms with Crippen molar-refractivity contribution in [2.24, 2.45) is 4.99 Å². The molecule has 0 unspecified atom stereocenters. The molecule has 1 aliphatic heterocycles. The third-order valence-electron chi connectivity index (χ3n) is 4.99. The number of amides is 1. The van der Waals surface area contributed by atoms with E-state index in [9.17, 15) is 9.90 Å². The van der Waals surface area contributed by atoms with Gasteiger partial charge in [-0.1, -0.05) is 29.8 Å². The zero-order valence-corrected chi connectivity index (χ0v) is 17.1. The number of phenolic OH excluding ortho intramolecular Hbond substituents is 1. The van der Waals surface area contributed by atoms with Crippen LogP contribution in [-0.4, -0.2) is 68.2 Å². The molecule has 2 aromatic rings. The molecule has 0 bridgehead atoms. The molecule has 1 heterocycles. The van der Waals surface area contributed by atoms with E-state index in [1.165, 1.54) is 0 Å². The fourth-order valence-electron chi connectivity index (χ4n) is 3.46. The van der Waals surface area contributed by atoms with Gasteiger partial charge in [0.25, 0.3) is 5.91 Å². The van der Waals surface area contributed by atoms with Crippen molar-refractivity contribution < 1.29 is 9.90 Å². The van der Waals surface area contributed by atoms with E-state index < -0.39 is 0 Å². The van der Waals surface area contributed by atoms with Gasteiger partial charge in [-0.2, -0.15) is 0 Å². The number of piperazine rings is 1. The van der Waals surface area contributed by atoms with Gasteiger partial charge in [0.15, 0.2) is 5.96 Å². The van der Waals surface area contributed by atoms with Crippen LogP contribution >= 0.6 is 0 Å². The quantitative estimate of drug-likeness (QED) is 0.409. The van der Waals surface area contributed by atoms with Crippen molar-refractivity contribution in [3.05, 3.63) is 59.7 Å². The lowest BCUT2D eigenvalue weighted by molar-refractivity contribution is 0.0954. The highest BCUT2D eigenvalue weighted by molar-refractivity contribution is 5.94. The van der Waals surface area contributed by atoms with E-state index in [4.69, 9.17) is 0 Å². The number of benzene rings is 2. The van der Waals surface area contributed by atoms with Crippen LogP contribution in [0.5, 0.6) is 5.75 Å². The summed E-state index contributed by atoms with van der Waals surface area (Å²) in [6, 6.07) is 15.0. The molecule has 29 heavy (non-hydrogen) atoms. The molecule has 1 amide bonds. The average Bonchev–Trinajstić information content (AvgIpc) is 2.74. The number of nitrogens with one attached hydrogen (secondary N) is 2. The Morgan fingerprint density at radius 3 is 2.45 bits per heavy atom. The number of anilines is 1. The Morgan fingerprint density at radius 2 is 1.76 bits per heavy atom. The summed E-state index contributed by atoms with van der Waals surface area (Å²) in [6.07, 6.45) is 0. The van der Waals surface area contributed by atoms with E-state index in [1.54, 1.807) is 13.1 Å². The number of rotatable bonds is 5. The smallest absolute Gasteiger partial charge is 0.251 e. The lowest BCUT2D eigenvalue weighted by atomic mass is 10.1. The van der Waals surface area contributed by atoms with Gasteiger partial charge in [0, 0.05) is 51.9 Å². The van der Waals surface area contributed by atoms with Crippen molar-refractivity contribution in [3.8, 4) is 5.75 Å². The molecule has 1 saturated heterocycles. The van der Waals surface area contributed by atoms with Crippen LogP contribution < -0.4 is 15.5 Å². The van der Waals surface area contributed by atoms with Gasteiger partial charge in [-0.3, -0.25) is 9.79 Å². The fraction of sp³-hybridized carbons (Fsp3) is 0.364. The van der Waals surface area contributed by atoms with Crippen molar-refractivity contribution in [1.82, 2.24) is 15.5 Å². The number of hydrogen-bond acceptors (Lipinski definition) is 4. The lowest BCUT2D eigenvalue weighted by Gasteiger charge is -2.37. The number of phenols is 1. The molecule has 7 nitrogen and oxygen atoms in total. The molecule has 1 aliphatic rings. The van der Waals surface area contributed by atoms with E-state index >= 15 is 0 Å². The Kier molecular flexibility index (Phi) is 6.94. The molecule has 0 saturated carbocycles. The average molecular weight is 396 g/mol. The van der Waals surface area contributed by atoms with Gasteiger partial charge in [-0.05, 0) is 31.2 Å². The second-order valence-corrected chi connectivity index (χ2v) is 7.06. The number of aliphatic imine (C=N–C) groups is 1. The maximum absolute atomic E-state index is 12.2. The van der Waals surface area contributed by atoms with Crippen molar-refractivity contribution in [2.45, 2.75) is 6.92 Å². The molecule has 7 heteroatoms. The second-order valence-electron chi connectivity index (χ2n) is 7.06. The van der Waals surface area contributed by atoms with Crippen LogP contribution in [-0.2, 0) is 0 Å². The number of hydrogen-bond donors (Lipinski definition) is 3. The Hall–Kier alpha value is -3.22. The largest absolute Gasteiger partial charge is 0.506 e. The summed E-state index contributed by atoms with van der Waals surface area (Å²) in [5.74, 6) is 1.07. The lowest BCUT2D eigenvalue weighted by Crippen LogP contribution is -2.53. The summed E-state index contributed by atoms with van der Waals surface area (Å²) >= 11 is 0. The molecular weight excluding hydrogens is 366 g/mol. The Labute approximate surface area is 172 Å². The maximum Gasteiger partial charge on any atom is 0.251 e. The van der Waals surface area contributed by atoms with Crippen molar-refractivity contribution in [3.63, 3.8) is 0 Å². The number of carbonyl (C=O) groups excluding carboxylic acids is 1. The summed E-state index contributed by atoms with van der Waals surface area (Å²) in [5.41, 5.74) is 2.61. The minimum absolute atomic E-state index is 0.0678. The number of guanidine groups is 1. The zero-order chi connectivity index (χ0) is 20.6. The predicted octanol–water partition coefficient (Wildman–Crippen LogP) is 1.83. The third-order valence-corrected chi connectivity index (χ3v) is 4.99. The van der Waals surface area contributed by atoms with Crippen LogP contribution in [0, 0.1) is 6.92 Å². The summed E-state index contributed by atoms with van der Waals surface area (Å²) in [4.78, 5) is 20.9. The summed E-state index contributed by atoms with van der Waals surface area (Å²) in [5, 5.41) is 16.3. The summed E-state index contributed by atoms with van der Waals surface area (Å²) < 4.78 is 0. The van der Waals surface area contributed by atoms with Crippen LogP contribution in [0.2, 0.25) is 0 Å². The molecule has 0 aromatic heterocycles. The molecule has 0 radical (unpaired) electrons. The van der Waals surface area contributed by atoms with E-state index in [-0.39, 0.29) is 5.91 Å².